The van der Waals surface area contributed by atoms with Gasteiger partial charge in [0.05, 0.1) is 17.4 Å². The lowest BCUT2D eigenvalue weighted by atomic mass is 9.94. The lowest BCUT2D eigenvalue weighted by Crippen LogP contribution is -2.27. The summed E-state index contributed by atoms with van der Waals surface area (Å²) in [5, 5.41) is 9.84. The van der Waals surface area contributed by atoms with Crippen molar-refractivity contribution in [1.29, 1.82) is 0 Å². The van der Waals surface area contributed by atoms with Gasteiger partial charge in [0.15, 0.2) is 0 Å². The Morgan fingerprint density at radius 3 is 2.79 bits per heavy atom. The largest absolute Gasteiger partial charge is 0.321 e. The molecule has 1 aliphatic heterocycles. The Hall–Kier alpha value is -2.71. The Morgan fingerprint density at radius 2 is 1.94 bits per heavy atom. The highest BCUT2D eigenvalue weighted by Crippen LogP contribution is 2.39. The molecule has 0 unspecified atom stereocenters. The molecule has 1 saturated carbocycles. The summed E-state index contributed by atoms with van der Waals surface area (Å²) in [6.07, 6.45) is 12.8. The molecule has 4 aromatic heterocycles. The van der Waals surface area contributed by atoms with Gasteiger partial charge in [0.2, 0.25) is 5.95 Å². The summed E-state index contributed by atoms with van der Waals surface area (Å²) in [4.78, 5) is 19.0. The van der Waals surface area contributed by atoms with Gasteiger partial charge in [-0.3, -0.25) is 4.98 Å². The number of nitrogens with one attached hydrogen (secondary N) is 2. The minimum atomic E-state index is 0.394. The molecular weight excluding hydrogens is 430 g/mol. The van der Waals surface area contributed by atoms with E-state index in [1.54, 1.807) is 0 Å². The summed E-state index contributed by atoms with van der Waals surface area (Å²) in [5.74, 6) is 1.78. The number of anilines is 2. The summed E-state index contributed by atoms with van der Waals surface area (Å²) < 4.78 is 2.41. The fraction of sp³-hybridized carbons (Fsp3) is 0.440. The lowest BCUT2D eigenvalue weighted by Gasteiger charge is -2.29. The lowest BCUT2D eigenvalue weighted by molar-refractivity contribution is 0.373. The van der Waals surface area contributed by atoms with Gasteiger partial charge in [-0.1, -0.05) is 13.0 Å². The number of rotatable bonds is 4. The van der Waals surface area contributed by atoms with Crippen LogP contribution in [0.2, 0.25) is 0 Å². The third-order valence-corrected chi connectivity index (χ3v) is 8.31. The van der Waals surface area contributed by atoms with Crippen LogP contribution in [0.1, 0.15) is 55.8 Å². The van der Waals surface area contributed by atoms with Gasteiger partial charge in [-0.15, -0.1) is 0 Å². The molecule has 5 heterocycles. The summed E-state index contributed by atoms with van der Waals surface area (Å²) >= 11 is 2.00. The maximum atomic E-state index is 5.01. The van der Waals surface area contributed by atoms with E-state index >= 15 is 0 Å². The highest BCUT2D eigenvalue weighted by atomic mass is 32.2. The van der Waals surface area contributed by atoms with E-state index in [4.69, 9.17) is 9.97 Å². The smallest absolute Gasteiger partial charge is 0.230 e. The Kier molecular flexibility index (Phi) is 5.42. The van der Waals surface area contributed by atoms with Crippen LogP contribution in [-0.2, 0) is 6.54 Å². The quantitative estimate of drug-likeness (QED) is 0.436. The molecule has 1 aliphatic carbocycles. The number of aromatic nitrogens is 5. The normalized spacial score (nSPS) is 23.0. The fourth-order valence-corrected chi connectivity index (χ4v) is 6.16. The van der Waals surface area contributed by atoms with Crippen LogP contribution >= 0.6 is 11.8 Å². The highest BCUT2D eigenvalue weighted by Gasteiger charge is 2.26. The van der Waals surface area contributed by atoms with Crippen molar-refractivity contribution < 1.29 is 0 Å². The minimum absolute atomic E-state index is 0.394. The van der Waals surface area contributed by atoms with Gasteiger partial charge in [0.1, 0.15) is 11.5 Å². The van der Waals surface area contributed by atoms with E-state index in [0.29, 0.717) is 17.9 Å². The van der Waals surface area contributed by atoms with Crippen molar-refractivity contribution >= 4 is 45.5 Å². The van der Waals surface area contributed by atoms with Gasteiger partial charge in [-0.25, -0.2) is 9.97 Å². The van der Waals surface area contributed by atoms with E-state index in [2.05, 4.69) is 50.5 Å². The third-order valence-electron chi connectivity index (χ3n) is 7.17. The van der Waals surface area contributed by atoms with Gasteiger partial charge < -0.3 is 15.2 Å². The van der Waals surface area contributed by atoms with Crippen molar-refractivity contribution in [2.75, 3.05) is 18.1 Å². The second kappa shape index (κ2) is 8.57. The van der Waals surface area contributed by atoms with Crippen molar-refractivity contribution in [3.63, 3.8) is 0 Å². The van der Waals surface area contributed by atoms with Crippen molar-refractivity contribution in [2.45, 2.75) is 56.4 Å². The molecule has 1 fully saturated rings. The fourth-order valence-electron chi connectivity index (χ4n) is 5.42. The molecule has 2 aliphatic rings. The van der Waals surface area contributed by atoms with Crippen LogP contribution in [0.15, 0.2) is 36.8 Å². The van der Waals surface area contributed by atoms with Gasteiger partial charge in [-0.05, 0) is 49.6 Å². The molecule has 8 heteroatoms. The SMILES string of the molecule is CS[C@H]1CC[C@H](n2c3cnccc3c3cnc(Nc4ccc5c(n4)[C@H](C)CNC5)nc32)CC1. The molecule has 0 aromatic carbocycles. The molecule has 33 heavy (non-hydrogen) atoms. The second-order valence-corrected chi connectivity index (χ2v) is 10.4. The van der Waals surface area contributed by atoms with E-state index in [9.17, 15) is 0 Å². The highest BCUT2D eigenvalue weighted by molar-refractivity contribution is 7.99. The first-order chi connectivity index (χ1) is 16.2. The zero-order valence-corrected chi connectivity index (χ0v) is 19.9. The topological polar surface area (TPSA) is 80.5 Å². The Bertz CT molecular complexity index is 1310. The first-order valence-electron chi connectivity index (χ1n) is 11.8. The van der Waals surface area contributed by atoms with Crippen LogP contribution in [0, 0.1) is 0 Å². The molecule has 0 spiro atoms. The molecule has 6 rings (SSSR count). The van der Waals surface area contributed by atoms with Crippen LogP contribution in [0.3, 0.4) is 0 Å². The zero-order chi connectivity index (χ0) is 22.4. The molecule has 7 nitrogen and oxygen atoms in total. The number of nitrogens with zero attached hydrogens (tertiary/aromatic N) is 5. The second-order valence-electron chi connectivity index (χ2n) is 9.26. The Labute approximate surface area is 197 Å². The van der Waals surface area contributed by atoms with Gasteiger partial charge >= 0.3 is 0 Å². The Morgan fingerprint density at radius 1 is 1.06 bits per heavy atom. The van der Waals surface area contributed by atoms with E-state index < -0.39 is 0 Å². The summed E-state index contributed by atoms with van der Waals surface area (Å²) in [6, 6.07) is 6.70. The monoisotopic (exact) mass is 459 g/mol. The van der Waals surface area contributed by atoms with Crippen molar-refractivity contribution in [3.05, 3.63) is 48.0 Å². The number of hydrogen-bond acceptors (Lipinski definition) is 7. The van der Waals surface area contributed by atoms with Crippen LogP contribution in [-0.4, -0.2) is 42.6 Å². The molecule has 0 saturated heterocycles. The molecule has 0 amide bonds. The maximum absolute atomic E-state index is 5.01. The molecule has 4 aromatic rings. The third kappa shape index (κ3) is 3.75. The first kappa shape index (κ1) is 20.9. The van der Waals surface area contributed by atoms with Crippen LogP contribution < -0.4 is 10.6 Å². The number of fused-ring (bicyclic) bond motifs is 4. The Balaban J connectivity index is 1.39. The van der Waals surface area contributed by atoms with Crippen molar-refractivity contribution in [2.24, 2.45) is 0 Å². The molecule has 1 atom stereocenters. The van der Waals surface area contributed by atoms with Crippen molar-refractivity contribution in [1.82, 2.24) is 29.8 Å². The molecule has 2 N–H and O–H groups in total. The summed E-state index contributed by atoms with van der Waals surface area (Å²) in [5.41, 5.74) is 4.56. The zero-order valence-electron chi connectivity index (χ0n) is 19.1. The number of hydrogen-bond donors (Lipinski definition) is 2. The molecule has 0 bridgehead atoms. The van der Waals surface area contributed by atoms with Crippen LogP contribution in [0.25, 0.3) is 21.9 Å². The average Bonchev–Trinajstić information content (AvgIpc) is 3.18. The average molecular weight is 460 g/mol. The standard InChI is InChI=1S/C25H29N7S/c1-15-11-27-12-16-3-8-22(29-23(15)16)30-25-28-13-20-19-9-10-26-14-21(19)32(24(20)31-25)17-4-6-18(33-2)7-5-17/h3,8-10,13-15,17-18,27H,4-7,11-12H2,1-2H3,(H,28,29,30,31)/t15-,17-,18-/m1/s1. The summed E-state index contributed by atoms with van der Waals surface area (Å²) in [6.45, 7) is 4.05. The molecule has 170 valence electrons. The van der Waals surface area contributed by atoms with Gasteiger partial charge in [0.25, 0.3) is 0 Å². The van der Waals surface area contributed by atoms with Gasteiger partial charge in [-0.2, -0.15) is 16.7 Å². The van der Waals surface area contributed by atoms with E-state index in [0.717, 1.165) is 46.4 Å². The van der Waals surface area contributed by atoms with Crippen LogP contribution in [0.5, 0.6) is 0 Å². The van der Waals surface area contributed by atoms with E-state index in [1.165, 1.54) is 36.6 Å². The predicted molar refractivity (Wildman–Crippen MR) is 135 cm³/mol. The predicted octanol–water partition coefficient (Wildman–Crippen LogP) is 5.17. The molecular formula is C25H29N7S. The van der Waals surface area contributed by atoms with Crippen LogP contribution in [0.4, 0.5) is 11.8 Å². The number of thioether (sulfide) groups is 1. The van der Waals surface area contributed by atoms with Crippen molar-refractivity contribution in [3.8, 4) is 0 Å². The molecule has 0 radical (unpaired) electrons. The minimum Gasteiger partial charge on any atom is -0.321 e. The summed E-state index contributed by atoms with van der Waals surface area (Å²) in [7, 11) is 0. The van der Waals surface area contributed by atoms with E-state index in [1.807, 2.05) is 36.4 Å². The first-order valence-corrected chi connectivity index (χ1v) is 13.1. The van der Waals surface area contributed by atoms with Gasteiger partial charge in [0, 0.05) is 53.5 Å². The maximum Gasteiger partial charge on any atom is 0.230 e. The van der Waals surface area contributed by atoms with E-state index in [-0.39, 0.29) is 0 Å². The number of pyridine rings is 2.